The monoisotopic (exact) mass is 433 g/mol. The first-order valence-corrected chi connectivity index (χ1v) is 11.3. The molecule has 30 heavy (non-hydrogen) atoms. The molecule has 0 radical (unpaired) electrons. The zero-order valence-corrected chi connectivity index (χ0v) is 17.7. The Morgan fingerprint density at radius 3 is 2.33 bits per heavy atom. The van der Waals surface area contributed by atoms with Gasteiger partial charge in [0.2, 0.25) is 15.9 Å². The summed E-state index contributed by atoms with van der Waals surface area (Å²) in [6, 6.07) is 13.9. The van der Waals surface area contributed by atoms with E-state index < -0.39 is 10.0 Å². The predicted octanol–water partition coefficient (Wildman–Crippen LogP) is 1.07. The number of rotatable bonds is 8. The number of benzene rings is 2. The Bertz CT molecular complexity index is 940. The van der Waals surface area contributed by atoms with E-state index in [1.807, 2.05) is 24.3 Å². The Morgan fingerprint density at radius 1 is 1.13 bits per heavy atom. The highest BCUT2D eigenvalue weighted by Crippen LogP contribution is 2.23. The zero-order chi connectivity index (χ0) is 21.6. The molecule has 0 bridgehead atoms. The molecule has 8 nitrogen and oxygen atoms in total. The van der Waals surface area contributed by atoms with Crippen LogP contribution in [0.4, 0.5) is 0 Å². The lowest BCUT2D eigenvalue weighted by Crippen LogP contribution is -2.44. The Hall–Kier alpha value is -2.46. The number of ether oxygens (including phenoxy) is 2. The maximum atomic E-state index is 12.5. The van der Waals surface area contributed by atoms with E-state index in [1.54, 1.807) is 19.2 Å². The molecule has 162 valence electrons. The molecule has 1 aliphatic heterocycles. The van der Waals surface area contributed by atoms with Crippen LogP contribution in [0.3, 0.4) is 0 Å². The lowest BCUT2D eigenvalue weighted by Gasteiger charge is -2.35. The zero-order valence-electron chi connectivity index (χ0n) is 16.9. The molecule has 2 aromatic carbocycles. The summed E-state index contributed by atoms with van der Waals surface area (Å²) in [4.78, 5) is 14.8. The number of primary sulfonamides is 1. The molecule has 1 atom stereocenters. The van der Waals surface area contributed by atoms with Crippen molar-refractivity contribution in [2.75, 3.05) is 40.0 Å². The van der Waals surface area contributed by atoms with Gasteiger partial charge in [0.15, 0.2) is 0 Å². The maximum absolute atomic E-state index is 12.5. The van der Waals surface area contributed by atoms with E-state index in [0.717, 1.165) is 24.4 Å². The molecule has 1 saturated heterocycles. The summed E-state index contributed by atoms with van der Waals surface area (Å²) in [7, 11) is -2.11. The summed E-state index contributed by atoms with van der Waals surface area (Å²) in [5.74, 6) is 0.650. The van der Waals surface area contributed by atoms with Crippen molar-refractivity contribution in [3.63, 3.8) is 0 Å². The number of carbonyl (C=O) groups is 1. The van der Waals surface area contributed by atoms with Gasteiger partial charge >= 0.3 is 0 Å². The fraction of sp³-hybridized carbons (Fsp3) is 0.381. The molecule has 0 saturated carbocycles. The van der Waals surface area contributed by atoms with Crippen LogP contribution >= 0.6 is 0 Å². The van der Waals surface area contributed by atoms with Crippen LogP contribution in [0.5, 0.6) is 5.75 Å². The van der Waals surface area contributed by atoms with Crippen molar-refractivity contribution in [3.8, 4) is 5.75 Å². The lowest BCUT2D eigenvalue weighted by molar-refractivity contribution is -0.120. The number of nitrogens with zero attached hydrogens (tertiary/aromatic N) is 1. The number of morpholine rings is 1. The molecular formula is C21H27N3O5S. The number of hydrogen-bond acceptors (Lipinski definition) is 6. The van der Waals surface area contributed by atoms with Gasteiger partial charge in [-0.3, -0.25) is 9.69 Å². The Morgan fingerprint density at radius 2 is 1.77 bits per heavy atom. The molecule has 0 aliphatic carbocycles. The van der Waals surface area contributed by atoms with E-state index in [2.05, 4.69) is 10.2 Å². The highest BCUT2D eigenvalue weighted by Gasteiger charge is 2.23. The van der Waals surface area contributed by atoms with E-state index in [-0.39, 0.29) is 23.3 Å². The minimum atomic E-state index is -3.74. The molecule has 1 heterocycles. The molecule has 1 aliphatic rings. The first-order chi connectivity index (χ1) is 14.4. The van der Waals surface area contributed by atoms with Gasteiger partial charge in [0.1, 0.15) is 5.75 Å². The van der Waals surface area contributed by atoms with Crippen molar-refractivity contribution in [3.05, 3.63) is 59.7 Å². The van der Waals surface area contributed by atoms with Crippen LogP contribution in [0.1, 0.15) is 17.2 Å². The second kappa shape index (κ2) is 10.0. The van der Waals surface area contributed by atoms with Gasteiger partial charge in [-0.2, -0.15) is 0 Å². The molecule has 9 heteroatoms. The summed E-state index contributed by atoms with van der Waals surface area (Å²) in [5, 5.41) is 8.11. The standard InChI is InChI=1S/C21H27N3O5S/c1-28-18-6-4-17(5-7-18)20(24-10-12-29-13-11-24)15-23-21(25)14-16-2-8-19(9-3-16)30(22,26)27/h2-9,20H,10-15H2,1H3,(H,23,25)(H2,22,26,27). The fourth-order valence-electron chi connectivity index (χ4n) is 3.43. The summed E-state index contributed by atoms with van der Waals surface area (Å²) in [6.07, 6.45) is 0.156. The average molecular weight is 434 g/mol. The summed E-state index contributed by atoms with van der Waals surface area (Å²) < 4.78 is 33.4. The number of carbonyl (C=O) groups excluding carboxylic acids is 1. The number of hydrogen-bond donors (Lipinski definition) is 2. The van der Waals surface area contributed by atoms with Crippen LogP contribution in [0.15, 0.2) is 53.4 Å². The number of nitrogens with one attached hydrogen (secondary N) is 1. The minimum absolute atomic E-state index is 0.0218. The second-order valence-electron chi connectivity index (χ2n) is 7.11. The summed E-state index contributed by atoms with van der Waals surface area (Å²) in [6.45, 7) is 3.37. The Balaban J connectivity index is 1.64. The molecule has 3 rings (SSSR count). The van der Waals surface area contributed by atoms with E-state index in [1.165, 1.54) is 12.1 Å². The molecule has 2 aromatic rings. The third-order valence-corrected chi connectivity index (χ3v) is 6.03. The van der Waals surface area contributed by atoms with Crippen LogP contribution in [0.25, 0.3) is 0 Å². The fourth-order valence-corrected chi connectivity index (χ4v) is 3.94. The number of sulfonamides is 1. The first-order valence-electron chi connectivity index (χ1n) is 9.71. The van der Waals surface area contributed by atoms with Crippen LogP contribution in [-0.2, 0) is 26.0 Å². The normalized spacial score (nSPS) is 16.1. The van der Waals surface area contributed by atoms with Gasteiger partial charge in [0.05, 0.1) is 37.7 Å². The van der Waals surface area contributed by atoms with E-state index >= 15 is 0 Å². The van der Waals surface area contributed by atoms with E-state index in [4.69, 9.17) is 14.6 Å². The summed E-state index contributed by atoms with van der Waals surface area (Å²) >= 11 is 0. The highest BCUT2D eigenvalue weighted by atomic mass is 32.2. The van der Waals surface area contributed by atoms with Crippen molar-refractivity contribution in [2.45, 2.75) is 17.4 Å². The molecule has 0 spiro atoms. The predicted molar refractivity (Wildman–Crippen MR) is 113 cm³/mol. The number of nitrogens with two attached hydrogens (primary N) is 1. The molecule has 0 aromatic heterocycles. The Kier molecular flexibility index (Phi) is 7.43. The summed E-state index contributed by atoms with van der Waals surface area (Å²) in [5.41, 5.74) is 1.81. The van der Waals surface area contributed by atoms with E-state index in [0.29, 0.717) is 25.3 Å². The highest BCUT2D eigenvalue weighted by molar-refractivity contribution is 7.89. The minimum Gasteiger partial charge on any atom is -0.497 e. The molecular weight excluding hydrogens is 406 g/mol. The molecule has 1 unspecified atom stereocenters. The van der Waals surface area contributed by atoms with Crippen LogP contribution in [0.2, 0.25) is 0 Å². The maximum Gasteiger partial charge on any atom is 0.238 e. The third kappa shape index (κ3) is 6.02. The molecule has 1 fully saturated rings. The number of methoxy groups -OCH3 is 1. The van der Waals surface area contributed by atoms with Gasteiger partial charge in [-0.1, -0.05) is 24.3 Å². The lowest BCUT2D eigenvalue weighted by atomic mass is 10.0. The van der Waals surface area contributed by atoms with Crippen LogP contribution < -0.4 is 15.2 Å². The van der Waals surface area contributed by atoms with Gasteiger partial charge in [-0.15, -0.1) is 0 Å². The van der Waals surface area contributed by atoms with Crippen LogP contribution in [0, 0.1) is 0 Å². The first kappa shape index (κ1) is 22.2. The Labute approximate surface area is 177 Å². The van der Waals surface area contributed by atoms with Gasteiger partial charge in [-0.25, -0.2) is 13.6 Å². The van der Waals surface area contributed by atoms with Crippen molar-refractivity contribution in [1.82, 2.24) is 10.2 Å². The van der Waals surface area contributed by atoms with Gasteiger partial charge in [0, 0.05) is 19.6 Å². The molecule has 3 N–H and O–H groups in total. The van der Waals surface area contributed by atoms with Gasteiger partial charge in [0.25, 0.3) is 0 Å². The quantitative estimate of drug-likeness (QED) is 0.644. The smallest absolute Gasteiger partial charge is 0.238 e. The van der Waals surface area contributed by atoms with Crippen molar-refractivity contribution in [1.29, 1.82) is 0 Å². The second-order valence-corrected chi connectivity index (χ2v) is 8.67. The topological polar surface area (TPSA) is 111 Å². The van der Waals surface area contributed by atoms with Gasteiger partial charge < -0.3 is 14.8 Å². The average Bonchev–Trinajstić information content (AvgIpc) is 2.75. The third-order valence-electron chi connectivity index (χ3n) is 5.10. The van der Waals surface area contributed by atoms with Gasteiger partial charge in [-0.05, 0) is 35.4 Å². The van der Waals surface area contributed by atoms with Crippen molar-refractivity contribution >= 4 is 15.9 Å². The van der Waals surface area contributed by atoms with E-state index in [9.17, 15) is 13.2 Å². The van der Waals surface area contributed by atoms with Crippen LogP contribution in [-0.4, -0.2) is 59.2 Å². The van der Waals surface area contributed by atoms with Crippen molar-refractivity contribution in [2.24, 2.45) is 5.14 Å². The van der Waals surface area contributed by atoms with Crippen molar-refractivity contribution < 1.29 is 22.7 Å². The largest absolute Gasteiger partial charge is 0.497 e. The SMILES string of the molecule is COc1ccc(C(CNC(=O)Cc2ccc(S(N)(=O)=O)cc2)N2CCOCC2)cc1. The number of amides is 1. The molecule has 1 amide bonds.